The molecule has 1 aromatic carbocycles. The van der Waals surface area contributed by atoms with E-state index in [0.717, 1.165) is 30.8 Å². The summed E-state index contributed by atoms with van der Waals surface area (Å²) in [5.41, 5.74) is 0.610. The smallest absolute Gasteiger partial charge is 0.123 e. The molecule has 1 atom stereocenters. The Morgan fingerprint density at radius 3 is 2.48 bits per heavy atom. The minimum Gasteiger partial charge on any atom is -0.493 e. The normalized spacial score (nSPS) is 20.0. The van der Waals surface area contributed by atoms with Crippen LogP contribution >= 0.6 is 0 Å². The fourth-order valence-electron chi connectivity index (χ4n) is 2.83. The molecule has 3 nitrogen and oxygen atoms in total. The second-order valence-corrected chi connectivity index (χ2v) is 8.45. The molecule has 0 bridgehead atoms. The molecule has 2 rings (SSSR count). The highest BCUT2D eigenvalue weighted by Gasteiger charge is 2.28. The summed E-state index contributed by atoms with van der Waals surface area (Å²) in [5, 5.41) is 2.03. The van der Waals surface area contributed by atoms with E-state index in [9.17, 15) is 4.39 Å². The molecule has 0 saturated carbocycles. The molecule has 0 N–H and O–H groups in total. The van der Waals surface area contributed by atoms with Crippen LogP contribution in [0.3, 0.4) is 0 Å². The Labute approximate surface area is 139 Å². The van der Waals surface area contributed by atoms with Crippen LogP contribution in [0.1, 0.15) is 53.5 Å². The predicted molar refractivity (Wildman–Crippen MR) is 91.1 cm³/mol. The van der Waals surface area contributed by atoms with E-state index in [2.05, 4.69) is 41.5 Å². The van der Waals surface area contributed by atoms with Crippen LogP contribution in [-0.2, 0) is 10.3 Å². The number of rotatable bonds is 4. The molecular formula is C19H30FNO2. The fourth-order valence-corrected chi connectivity index (χ4v) is 2.83. The molecule has 1 aliphatic rings. The first kappa shape index (κ1) is 18.2. The number of hydrogen-bond acceptors (Lipinski definition) is 3. The molecule has 0 amide bonds. The van der Waals surface area contributed by atoms with Crippen molar-refractivity contribution in [1.82, 2.24) is 5.06 Å². The number of halogens is 1. The summed E-state index contributed by atoms with van der Waals surface area (Å²) < 4.78 is 19.6. The number of hydrogen-bond donors (Lipinski definition) is 0. The monoisotopic (exact) mass is 323 g/mol. The third-order valence-corrected chi connectivity index (χ3v) is 3.88. The topological polar surface area (TPSA) is 21.7 Å². The van der Waals surface area contributed by atoms with Gasteiger partial charge >= 0.3 is 0 Å². The van der Waals surface area contributed by atoms with E-state index in [1.165, 1.54) is 6.07 Å². The Morgan fingerprint density at radius 1 is 1.17 bits per heavy atom. The summed E-state index contributed by atoms with van der Waals surface area (Å²) in [6, 6.07) is 4.79. The number of benzene rings is 1. The Balaban J connectivity index is 1.95. The van der Waals surface area contributed by atoms with Gasteiger partial charge in [0.15, 0.2) is 0 Å². The van der Waals surface area contributed by atoms with Crippen LogP contribution in [0.15, 0.2) is 18.2 Å². The van der Waals surface area contributed by atoms with E-state index < -0.39 is 0 Å². The van der Waals surface area contributed by atoms with Gasteiger partial charge in [0.2, 0.25) is 0 Å². The van der Waals surface area contributed by atoms with E-state index in [1.54, 1.807) is 12.1 Å². The van der Waals surface area contributed by atoms with E-state index in [-0.39, 0.29) is 16.8 Å². The van der Waals surface area contributed by atoms with Gasteiger partial charge in [0, 0.05) is 24.6 Å². The third kappa shape index (κ3) is 5.47. The van der Waals surface area contributed by atoms with Gasteiger partial charge in [-0.3, -0.25) is 4.84 Å². The minimum atomic E-state index is -0.215. The van der Waals surface area contributed by atoms with E-state index in [1.807, 2.05) is 5.06 Å². The lowest BCUT2D eigenvalue weighted by atomic mass is 9.86. The van der Waals surface area contributed by atoms with Crippen molar-refractivity contribution in [3.8, 4) is 5.75 Å². The minimum absolute atomic E-state index is 0.144. The zero-order valence-corrected chi connectivity index (χ0v) is 15.3. The molecule has 1 heterocycles. The highest BCUT2D eigenvalue weighted by molar-refractivity contribution is 5.38. The summed E-state index contributed by atoms with van der Waals surface area (Å²) >= 11 is 0. The van der Waals surface area contributed by atoms with Gasteiger partial charge in [-0.1, -0.05) is 20.8 Å². The summed E-state index contributed by atoms with van der Waals surface area (Å²) in [6.45, 7) is 14.8. The van der Waals surface area contributed by atoms with Crippen molar-refractivity contribution in [2.45, 2.75) is 59.0 Å². The predicted octanol–water partition coefficient (Wildman–Crippen LogP) is 4.55. The van der Waals surface area contributed by atoms with Crippen molar-refractivity contribution in [2.24, 2.45) is 5.92 Å². The maximum atomic E-state index is 13.5. The quantitative estimate of drug-likeness (QED) is 0.811. The Morgan fingerprint density at radius 2 is 1.87 bits per heavy atom. The molecule has 0 aliphatic carbocycles. The maximum Gasteiger partial charge on any atom is 0.123 e. The first-order chi connectivity index (χ1) is 10.5. The molecule has 1 unspecified atom stereocenters. The van der Waals surface area contributed by atoms with Gasteiger partial charge in [0.05, 0.1) is 12.2 Å². The summed E-state index contributed by atoms with van der Waals surface area (Å²) in [7, 11) is 0. The molecule has 1 aliphatic heterocycles. The van der Waals surface area contributed by atoms with Gasteiger partial charge in [-0.25, -0.2) is 4.39 Å². The molecule has 0 spiro atoms. The van der Waals surface area contributed by atoms with Crippen LogP contribution in [0.2, 0.25) is 0 Å². The Bertz CT molecular complexity index is 531. The van der Waals surface area contributed by atoms with Crippen molar-refractivity contribution < 1.29 is 14.0 Å². The van der Waals surface area contributed by atoms with Crippen LogP contribution in [-0.4, -0.2) is 30.4 Å². The molecule has 0 radical (unpaired) electrons. The lowest BCUT2D eigenvalue weighted by Gasteiger charge is -2.27. The van der Waals surface area contributed by atoms with Gasteiger partial charge in [0.25, 0.3) is 0 Å². The van der Waals surface area contributed by atoms with E-state index >= 15 is 0 Å². The Hall–Kier alpha value is -1.13. The van der Waals surface area contributed by atoms with Crippen molar-refractivity contribution >= 4 is 0 Å². The van der Waals surface area contributed by atoms with Crippen molar-refractivity contribution in [3.63, 3.8) is 0 Å². The second-order valence-electron chi connectivity index (χ2n) is 8.45. The number of ether oxygens (including phenoxy) is 1. The summed E-state index contributed by atoms with van der Waals surface area (Å²) in [6.07, 6.45) is 1.06. The number of nitrogens with zero attached hydrogens (tertiary/aromatic N) is 1. The molecule has 4 heteroatoms. The molecule has 1 saturated heterocycles. The zero-order chi connectivity index (χ0) is 17.3. The van der Waals surface area contributed by atoms with Crippen LogP contribution < -0.4 is 4.74 Å². The first-order valence-electron chi connectivity index (χ1n) is 8.41. The van der Waals surface area contributed by atoms with Crippen LogP contribution in [0, 0.1) is 11.7 Å². The molecule has 1 fully saturated rings. The van der Waals surface area contributed by atoms with Gasteiger partial charge in [-0.15, -0.1) is 0 Å². The van der Waals surface area contributed by atoms with Crippen LogP contribution in [0.25, 0.3) is 0 Å². The summed E-state index contributed by atoms with van der Waals surface area (Å²) in [4.78, 5) is 5.90. The lowest BCUT2D eigenvalue weighted by molar-refractivity contribution is -0.218. The first-order valence-corrected chi connectivity index (χ1v) is 8.41. The van der Waals surface area contributed by atoms with Gasteiger partial charge < -0.3 is 4.74 Å². The van der Waals surface area contributed by atoms with Crippen molar-refractivity contribution in [3.05, 3.63) is 29.6 Å². The average Bonchev–Trinajstić information content (AvgIpc) is 2.81. The Kier molecular flexibility index (Phi) is 5.37. The maximum absolute atomic E-state index is 13.5. The van der Waals surface area contributed by atoms with E-state index in [0.29, 0.717) is 12.5 Å². The highest BCUT2D eigenvalue weighted by atomic mass is 19.1. The zero-order valence-electron chi connectivity index (χ0n) is 15.3. The molecule has 1 aromatic rings. The standard InChI is InChI=1S/C19H30FNO2/c1-18(2,3)16-11-15(20)7-8-17(16)22-13-14-9-10-21(12-14)23-19(4,5)6/h7-8,11,14H,9-10,12-13H2,1-6H3. The average molecular weight is 323 g/mol. The number of hydroxylamine groups is 2. The van der Waals surface area contributed by atoms with Crippen LogP contribution in [0.5, 0.6) is 5.75 Å². The SMILES string of the molecule is CC(C)(C)ON1CCC(COc2ccc(F)cc2C(C)(C)C)C1. The van der Waals surface area contributed by atoms with Crippen molar-refractivity contribution in [1.29, 1.82) is 0 Å². The highest BCUT2D eigenvalue weighted by Crippen LogP contribution is 2.32. The lowest BCUT2D eigenvalue weighted by Crippen LogP contribution is -2.32. The molecule has 23 heavy (non-hydrogen) atoms. The fraction of sp³-hybridized carbons (Fsp3) is 0.684. The van der Waals surface area contributed by atoms with Gasteiger partial charge in [-0.05, 0) is 50.8 Å². The second kappa shape index (κ2) is 6.78. The van der Waals surface area contributed by atoms with Crippen molar-refractivity contribution in [2.75, 3.05) is 19.7 Å². The molecular weight excluding hydrogens is 293 g/mol. The van der Waals surface area contributed by atoms with Crippen LogP contribution in [0.4, 0.5) is 4.39 Å². The van der Waals surface area contributed by atoms with E-state index in [4.69, 9.17) is 9.57 Å². The third-order valence-electron chi connectivity index (χ3n) is 3.88. The molecule has 130 valence electrons. The largest absolute Gasteiger partial charge is 0.493 e. The van der Waals surface area contributed by atoms with Gasteiger partial charge in [-0.2, -0.15) is 5.06 Å². The molecule has 0 aromatic heterocycles. The summed E-state index contributed by atoms with van der Waals surface area (Å²) in [5.74, 6) is 1.01. The van der Waals surface area contributed by atoms with Gasteiger partial charge in [0.1, 0.15) is 11.6 Å².